The average molecular weight is 281 g/mol. The highest BCUT2D eigenvalue weighted by Crippen LogP contribution is 2.40. The molecule has 20 heavy (non-hydrogen) atoms. The van der Waals surface area contributed by atoms with Crippen molar-refractivity contribution in [3.05, 3.63) is 35.6 Å². The number of hydrogen-bond acceptors (Lipinski definition) is 4. The van der Waals surface area contributed by atoms with Gasteiger partial charge in [0.15, 0.2) is 0 Å². The Morgan fingerprint density at radius 2 is 2.15 bits per heavy atom. The highest BCUT2D eigenvalue weighted by molar-refractivity contribution is 5.79. The van der Waals surface area contributed by atoms with E-state index in [0.717, 1.165) is 0 Å². The number of carboxylic acid groups (broad SMARTS) is 1. The fourth-order valence-corrected chi connectivity index (χ4v) is 2.81. The molecule has 0 aromatic heterocycles. The average Bonchev–Trinajstić information content (AvgIpc) is 2.75. The second kappa shape index (κ2) is 5.58. The molecule has 0 radical (unpaired) electrons. The molecule has 1 aromatic rings. The topological polar surface area (TPSA) is 66.8 Å². The highest BCUT2D eigenvalue weighted by Gasteiger charge is 2.47. The Morgan fingerprint density at radius 3 is 2.70 bits per heavy atom. The van der Waals surface area contributed by atoms with Gasteiger partial charge in [0, 0.05) is 6.04 Å². The summed E-state index contributed by atoms with van der Waals surface area (Å²) in [5.74, 6) is -2.68. The van der Waals surface area contributed by atoms with Crippen molar-refractivity contribution in [1.29, 1.82) is 0 Å². The summed E-state index contributed by atoms with van der Waals surface area (Å²) < 4.78 is 18.0. The zero-order valence-electron chi connectivity index (χ0n) is 11.2. The van der Waals surface area contributed by atoms with Crippen molar-refractivity contribution < 1.29 is 23.8 Å². The van der Waals surface area contributed by atoms with E-state index in [-0.39, 0.29) is 6.42 Å². The van der Waals surface area contributed by atoms with Crippen molar-refractivity contribution in [2.45, 2.75) is 18.5 Å². The quantitative estimate of drug-likeness (QED) is 0.849. The molecule has 1 fully saturated rings. The van der Waals surface area contributed by atoms with Crippen molar-refractivity contribution in [3.63, 3.8) is 0 Å². The summed E-state index contributed by atoms with van der Waals surface area (Å²) in [5.41, 5.74) is 0.548. The summed E-state index contributed by atoms with van der Waals surface area (Å²) >= 11 is 0. The number of rotatable bonds is 3. The normalized spacial score (nSPS) is 26.4. The number of likely N-dealkylation sites (N-methyl/N-ethyl adjacent to an activating group) is 1. The number of ether oxygens (including phenoxy) is 1. The Morgan fingerprint density at radius 1 is 1.45 bits per heavy atom. The summed E-state index contributed by atoms with van der Waals surface area (Å²) in [6, 6.07) is 4.62. The first-order valence-electron chi connectivity index (χ1n) is 6.23. The summed E-state index contributed by atoms with van der Waals surface area (Å²) in [6.45, 7) is 0. The van der Waals surface area contributed by atoms with Crippen LogP contribution < -0.4 is 0 Å². The minimum atomic E-state index is -1.00. The van der Waals surface area contributed by atoms with Crippen LogP contribution in [0.15, 0.2) is 24.3 Å². The number of benzene rings is 1. The van der Waals surface area contributed by atoms with Gasteiger partial charge in [0.2, 0.25) is 0 Å². The predicted molar refractivity (Wildman–Crippen MR) is 68.5 cm³/mol. The van der Waals surface area contributed by atoms with Gasteiger partial charge in [-0.3, -0.25) is 14.5 Å². The fourth-order valence-electron chi connectivity index (χ4n) is 2.81. The first kappa shape index (κ1) is 14.5. The lowest BCUT2D eigenvalue weighted by Crippen LogP contribution is -2.35. The Kier molecular flexibility index (Phi) is 4.04. The number of carbonyl (C=O) groups is 2. The molecule has 1 aromatic carbocycles. The van der Waals surface area contributed by atoms with Crippen LogP contribution in [0.3, 0.4) is 0 Å². The third-order valence-corrected chi connectivity index (χ3v) is 3.77. The van der Waals surface area contributed by atoms with Crippen molar-refractivity contribution in [3.8, 4) is 0 Å². The van der Waals surface area contributed by atoms with Crippen molar-refractivity contribution >= 4 is 11.9 Å². The molecule has 5 nitrogen and oxygen atoms in total. The van der Waals surface area contributed by atoms with Gasteiger partial charge in [-0.05, 0) is 31.2 Å². The van der Waals surface area contributed by atoms with Crippen LogP contribution in [0.1, 0.15) is 18.0 Å². The molecule has 0 saturated carbocycles. The van der Waals surface area contributed by atoms with Gasteiger partial charge in [0.1, 0.15) is 11.9 Å². The SMILES string of the molecule is COC(=O)[C@@H]1C[C@@H](C(=O)O)[C@@H](c2cccc(F)c2)N1C. The monoisotopic (exact) mass is 281 g/mol. The number of likely N-dealkylation sites (tertiary alicyclic amines) is 1. The van der Waals surface area contributed by atoms with E-state index in [1.807, 2.05) is 0 Å². The third-order valence-electron chi connectivity index (χ3n) is 3.77. The molecule has 0 amide bonds. The summed E-state index contributed by atoms with van der Waals surface area (Å²) in [5, 5.41) is 9.33. The lowest BCUT2D eigenvalue weighted by molar-refractivity contribution is -0.145. The minimum absolute atomic E-state index is 0.152. The molecule has 108 valence electrons. The lowest BCUT2D eigenvalue weighted by atomic mass is 9.93. The van der Waals surface area contributed by atoms with E-state index in [1.165, 1.54) is 25.3 Å². The van der Waals surface area contributed by atoms with Crippen LogP contribution in [-0.4, -0.2) is 42.1 Å². The number of carboxylic acids is 1. The predicted octanol–water partition coefficient (Wildman–Crippen LogP) is 1.44. The molecule has 1 aliphatic rings. The fraction of sp³-hybridized carbons (Fsp3) is 0.429. The third kappa shape index (κ3) is 2.51. The molecular formula is C14H16FNO4. The molecule has 6 heteroatoms. The first-order chi connectivity index (χ1) is 9.45. The summed E-state index contributed by atoms with van der Waals surface area (Å²) in [6.07, 6.45) is 0.152. The van der Waals surface area contributed by atoms with Crippen molar-refractivity contribution in [2.24, 2.45) is 5.92 Å². The molecule has 1 saturated heterocycles. The highest BCUT2D eigenvalue weighted by atomic mass is 19.1. The van der Waals surface area contributed by atoms with E-state index in [1.54, 1.807) is 18.0 Å². The number of carbonyl (C=O) groups excluding carboxylic acids is 1. The van der Waals surface area contributed by atoms with Gasteiger partial charge in [-0.1, -0.05) is 12.1 Å². The van der Waals surface area contributed by atoms with Crippen LogP contribution in [-0.2, 0) is 14.3 Å². The maximum Gasteiger partial charge on any atom is 0.323 e. The minimum Gasteiger partial charge on any atom is -0.481 e. The van der Waals surface area contributed by atoms with Crippen molar-refractivity contribution in [2.75, 3.05) is 14.2 Å². The van der Waals surface area contributed by atoms with E-state index in [4.69, 9.17) is 4.74 Å². The van der Waals surface area contributed by atoms with E-state index in [9.17, 15) is 19.1 Å². The number of nitrogens with zero attached hydrogens (tertiary/aromatic N) is 1. The Hall–Kier alpha value is -1.95. The Labute approximate surface area is 116 Å². The molecule has 1 aliphatic heterocycles. The molecule has 1 heterocycles. The lowest BCUT2D eigenvalue weighted by Gasteiger charge is -2.25. The van der Waals surface area contributed by atoms with E-state index < -0.39 is 35.8 Å². The molecule has 3 atom stereocenters. The maximum absolute atomic E-state index is 13.3. The van der Waals surface area contributed by atoms with Gasteiger partial charge in [0.25, 0.3) is 0 Å². The van der Waals surface area contributed by atoms with Gasteiger partial charge in [0.05, 0.1) is 13.0 Å². The molecule has 2 rings (SSSR count). The van der Waals surface area contributed by atoms with Gasteiger partial charge in [-0.2, -0.15) is 0 Å². The second-order valence-corrected chi connectivity index (χ2v) is 4.88. The summed E-state index contributed by atoms with van der Waals surface area (Å²) in [7, 11) is 2.92. The number of halogens is 1. The maximum atomic E-state index is 13.3. The zero-order valence-corrected chi connectivity index (χ0v) is 11.2. The van der Waals surface area contributed by atoms with Gasteiger partial charge < -0.3 is 9.84 Å². The van der Waals surface area contributed by atoms with Crippen LogP contribution in [0.2, 0.25) is 0 Å². The summed E-state index contributed by atoms with van der Waals surface area (Å²) in [4.78, 5) is 24.7. The van der Waals surface area contributed by atoms with Crippen LogP contribution in [0, 0.1) is 11.7 Å². The Balaban J connectivity index is 2.38. The van der Waals surface area contributed by atoms with Crippen LogP contribution in [0.25, 0.3) is 0 Å². The first-order valence-corrected chi connectivity index (χ1v) is 6.23. The number of esters is 1. The molecule has 1 N–H and O–H groups in total. The van der Waals surface area contributed by atoms with Crippen molar-refractivity contribution in [1.82, 2.24) is 4.90 Å². The molecule has 0 spiro atoms. The van der Waals surface area contributed by atoms with Crippen LogP contribution >= 0.6 is 0 Å². The van der Waals surface area contributed by atoms with E-state index in [2.05, 4.69) is 0 Å². The standard InChI is InChI=1S/C14H16FNO4/c1-16-11(14(19)20-2)7-10(13(17)18)12(16)8-4-3-5-9(15)6-8/h3-6,10-12H,7H2,1-2H3,(H,17,18)/t10-,11+,12-/m1/s1. The smallest absolute Gasteiger partial charge is 0.323 e. The van der Waals surface area contributed by atoms with E-state index in [0.29, 0.717) is 5.56 Å². The number of aliphatic carboxylic acids is 1. The number of methoxy groups -OCH3 is 1. The van der Waals surface area contributed by atoms with Crippen LogP contribution in [0.5, 0.6) is 0 Å². The number of hydrogen-bond donors (Lipinski definition) is 1. The molecule has 0 unspecified atom stereocenters. The van der Waals surface area contributed by atoms with Gasteiger partial charge in [-0.25, -0.2) is 4.39 Å². The van der Waals surface area contributed by atoms with Gasteiger partial charge in [-0.15, -0.1) is 0 Å². The molecular weight excluding hydrogens is 265 g/mol. The zero-order chi connectivity index (χ0) is 14.9. The van der Waals surface area contributed by atoms with Crippen LogP contribution in [0.4, 0.5) is 4.39 Å². The van der Waals surface area contributed by atoms with Gasteiger partial charge >= 0.3 is 11.9 Å². The van der Waals surface area contributed by atoms with E-state index >= 15 is 0 Å². The Bertz CT molecular complexity index is 534. The largest absolute Gasteiger partial charge is 0.481 e. The molecule has 0 bridgehead atoms. The molecule has 0 aliphatic carbocycles. The second-order valence-electron chi connectivity index (χ2n) is 4.88.